The first kappa shape index (κ1) is 9.35. The summed E-state index contributed by atoms with van der Waals surface area (Å²) < 4.78 is 15.4. The lowest BCUT2D eigenvalue weighted by Gasteiger charge is -2.04. The third kappa shape index (κ3) is 5.11. The van der Waals surface area contributed by atoms with Gasteiger partial charge in [-0.3, -0.25) is 10.1 Å². The molecule has 0 heterocycles. The minimum absolute atomic E-state index is 0.123. The molecule has 0 atom stereocenters. The number of nitrogens with one attached hydrogen (secondary N) is 2. The molecule has 0 bridgehead atoms. The van der Waals surface area contributed by atoms with Crippen LogP contribution in [0.25, 0.3) is 0 Å². The highest BCUT2D eigenvalue weighted by molar-refractivity contribution is 5.94. The van der Waals surface area contributed by atoms with Crippen molar-refractivity contribution in [1.82, 2.24) is 10.6 Å². The molecule has 0 saturated carbocycles. The smallest absolute Gasteiger partial charge is 0.318 e. The first-order chi connectivity index (χ1) is 8.39. The lowest BCUT2D eigenvalue weighted by Crippen LogP contribution is -2.40. The Bertz CT molecular complexity index is 424. The molecule has 0 aliphatic heterocycles. The number of hydrogen-bond donors (Lipinski definition) is 3. The van der Waals surface area contributed by atoms with E-state index in [1.165, 1.54) is 0 Å². The van der Waals surface area contributed by atoms with E-state index in [2.05, 4.69) is 5.32 Å². The zero-order chi connectivity index (χ0) is 13.6. The summed E-state index contributed by atoms with van der Waals surface area (Å²) in [7, 11) is 0. The van der Waals surface area contributed by atoms with E-state index in [4.69, 9.17) is 8.48 Å². The Morgan fingerprint density at radius 1 is 1.31 bits per heavy atom. The van der Waals surface area contributed by atoms with Crippen LogP contribution >= 0.6 is 0 Å². The average Bonchev–Trinajstić information content (AvgIpc) is 2.26. The third-order valence-electron chi connectivity index (χ3n) is 1.77. The van der Waals surface area contributed by atoms with Crippen LogP contribution in [0.1, 0.15) is 8.30 Å². The van der Waals surface area contributed by atoms with Gasteiger partial charge in [-0.2, -0.15) is 0 Å². The van der Waals surface area contributed by atoms with Crippen molar-refractivity contribution in [1.29, 1.82) is 0 Å². The fourth-order valence-electron chi connectivity index (χ4n) is 1.08. The van der Waals surface area contributed by atoms with Crippen LogP contribution in [-0.2, 0) is 11.2 Å². The summed E-state index contributed by atoms with van der Waals surface area (Å²) >= 11 is 0. The summed E-state index contributed by atoms with van der Waals surface area (Å²) in [6, 6.07) is 8.10. The summed E-state index contributed by atoms with van der Waals surface area (Å²) in [4.78, 5) is 21.5. The highest BCUT2D eigenvalue weighted by Gasteiger charge is 2.02. The largest absolute Gasteiger partial charge is 0.351 e. The van der Waals surface area contributed by atoms with Crippen molar-refractivity contribution in [3.8, 4) is 0 Å². The fraction of sp³-hybridized carbons (Fsp3) is 0.273. The van der Waals surface area contributed by atoms with E-state index in [1.807, 2.05) is 23.5 Å². The van der Waals surface area contributed by atoms with Crippen molar-refractivity contribution in [2.75, 3.05) is 13.0 Å². The van der Waals surface area contributed by atoms with Crippen LogP contribution < -0.4 is 16.4 Å². The van der Waals surface area contributed by atoms with Crippen LogP contribution in [0.2, 0.25) is 0 Å². The maximum Gasteiger partial charge on any atom is 0.318 e. The Morgan fingerprint density at radius 3 is 2.62 bits per heavy atom. The van der Waals surface area contributed by atoms with Gasteiger partial charge in [0.15, 0.2) is 0 Å². The lowest BCUT2D eigenvalue weighted by molar-refractivity contribution is -0.119. The number of hydrogen-bond acceptors (Lipinski definition) is 3. The highest BCUT2D eigenvalue weighted by atomic mass is 16.2. The van der Waals surface area contributed by atoms with Gasteiger partial charge >= 0.3 is 6.03 Å². The molecule has 1 rings (SSSR count). The first-order valence-corrected chi connectivity index (χ1v) is 4.77. The molecule has 5 nitrogen and oxygen atoms in total. The monoisotopic (exact) mass is 223 g/mol. The molecule has 3 amide bonds. The Hall–Kier alpha value is -1.88. The fourth-order valence-corrected chi connectivity index (χ4v) is 1.08. The molecule has 0 saturated heterocycles. The molecular formula is C11H15N3O2. The summed E-state index contributed by atoms with van der Waals surface area (Å²) in [5.41, 5.74) is 5.57. The minimum atomic E-state index is -1.74. The second kappa shape index (κ2) is 6.58. The zero-order valence-corrected chi connectivity index (χ0v) is 8.69. The molecule has 0 aliphatic carbocycles. The van der Waals surface area contributed by atoms with E-state index in [9.17, 15) is 9.59 Å². The quantitative estimate of drug-likeness (QED) is 0.657. The van der Waals surface area contributed by atoms with Gasteiger partial charge in [-0.1, -0.05) is 30.3 Å². The Morgan fingerprint density at radius 2 is 2.00 bits per heavy atom. The van der Waals surface area contributed by atoms with Gasteiger partial charge in [0.05, 0.1) is 6.54 Å². The van der Waals surface area contributed by atoms with Crippen LogP contribution in [0.4, 0.5) is 4.79 Å². The number of aryl methyl sites for hydroxylation is 1. The Balaban J connectivity index is 2.45. The van der Waals surface area contributed by atoms with E-state index in [-0.39, 0.29) is 13.0 Å². The van der Waals surface area contributed by atoms with Gasteiger partial charge in [-0.15, -0.1) is 0 Å². The number of carbonyl (C=O) groups is 2. The zero-order valence-electron chi connectivity index (χ0n) is 10.7. The van der Waals surface area contributed by atoms with Gasteiger partial charge in [0.1, 0.15) is 0 Å². The van der Waals surface area contributed by atoms with Crippen LogP contribution in [0, 0.1) is 0 Å². The summed E-state index contributed by atoms with van der Waals surface area (Å²) in [5, 5.41) is 4.28. The topological polar surface area (TPSA) is 84.2 Å². The molecular weight excluding hydrogens is 206 g/mol. The van der Waals surface area contributed by atoms with Gasteiger partial charge < -0.3 is 11.1 Å². The van der Waals surface area contributed by atoms with E-state index in [0.717, 1.165) is 5.56 Å². The van der Waals surface area contributed by atoms with Crippen molar-refractivity contribution >= 4 is 11.9 Å². The standard InChI is InChI=1S/C11H15N3O2/c12-11(16)14-10(15)8-13-7-6-9-4-2-1-3-5-9/h1-5,13H,6-8H2,(H3,12,14,15,16)/i7D2. The molecule has 0 fully saturated rings. The summed E-state index contributed by atoms with van der Waals surface area (Å²) in [6.45, 7) is -2.06. The average molecular weight is 223 g/mol. The maximum absolute atomic E-state index is 11.1. The van der Waals surface area contributed by atoms with Gasteiger partial charge in [0, 0.05) is 2.74 Å². The van der Waals surface area contributed by atoms with E-state index in [1.54, 1.807) is 12.1 Å². The number of amides is 3. The summed E-state index contributed by atoms with van der Waals surface area (Å²) in [5.74, 6) is -0.667. The van der Waals surface area contributed by atoms with Crippen molar-refractivity contribution in [3.05, 3.63) is 35.9 Å². The minimum Gasteiger partial charge on any atom is -0.351 e. The molecule has 0 radical (unpaired) electrons. The molecule has 0 unspecified atom stereocenters. The molecule has 4 N–H and O–H groups in total. The van der Waals surface area contributed by atoms with Gasteiger partial charge in [-0.05, 0) is 18.5 Å². The molecule has 1 aromatic carbocycles. The second-order valence-electron chi connectivity index (χ2n) is 3.11. The Kier molecular flexibility index (Phi) is 3.84. The van der Waals surface area contributed by atoms with Crippen molar-refractivity contribution in [3.63, 3.8) is 0 Å². The SMILES string of the molecule is [2H]C([2H])(Cc1ccccc1)NCC(=O)NC(N)=O. The molecule has 1 aromatic rings. The molecule has 0 aromatic heterocycles. The van der Waals surface area contributed by atoms with Crippen LogP contribution in [-0.4, -0.2) is 25.0 Å². The van der Waals surface area contributed by atoms with E-state index < -0.39 is 18.4 Å². The van der Waals surface area contributed by atoms with Crippen LogP contribution in [0.3, 0.4) is 0 Å². The predicted octanol–water partition coefficient (Wildman–Crippen LogP) is 0.0136. The lowest BCUT2D eigenvalue weighted by atomic mass is 10.1. The number of urea groups is 1. The normalized spacial score (nSPS) is 12.5. The first-order valence-electron chi connectivity index (χ1n) is 5.77. The van der Waals surface area contributed by atoms with Gasteiger partial charge in [0.2, 0.25) is 5.91 Å². The number of carbonyl (C=O) groups excluding carboxylic acids is 2. The maximum atomic E-state index is 11.1. The van der Waals surface area contributed by atoms with E-state index in [0.29, 0.717) is 0 Å². The second-order valence-corrected chi connectivity index (χ2v) is 3.11. The summed E-state index contributed by atoms with van der Waals surface area (Å²) in [6.07, 6.45) is 0.123. The number of imide groups is 1. The van der Waals surface area contributed by atoms with Gasteiger partial charge in [0.25, 0.3) is 0 Å². The van der Waals surface area contributed by atoms with Crippen molar-refractivity contribution in [2.45, 2.75) is 6.42 Å². The number of primary amides is 1. The molecule has 86 valence electrons. The van der Waals surface area contributed by atoms with E-state index >= 15 is 0 Å². The highest BCUT2D eigenvalue weighted by Crippen LogP contribution is 1.97. The number of benzene rings is 1. The third-order valence-corrected chi connectivity index (χ3v) is 1.77. The predicted molar refractivity (Wildman–Crippen MR) is 60.7 cm³/mol. The van der Waals surface area contributed by atoms with Crippen LogP contribution in [0.15, 0.2) is 30.3 Å². The molecule has 16 heavy (non-hydrogen) atoms. The number of rotatable bonds is 5. The van der Waals surface area contributed by atoms with Crippen LogP contribution in [0.5, 0.6) is 0 Å². The molecule has 0 aliphatic rings. The molecule has 5 heteroatoms. The number of nitrogens with two attached hydrogens (primary N) is 1. The Labute approximate surface area is 96.8 Å². The van der Waals surface area contributed by atoms with Gasteiger partial charge in [-0.25, -0.2) is 4.79 Å². The molecule has 0 spiro atoms. The van der Waals surface area contributed by atoms with Crippen molar-refractivity contribution in [2.24, 2.45) is 5.73 Å². The van der Waals surface area contributed by atoms with Crippen molar-refractivity contribution < 1.29 is 12.3 Å².